The van der Waals surface area contributed by atoms with Gasteiger partial charge in [0.25, 0.3) is 0 Å². The van der Waals surface area contributed by atoms with Gasteiger partial charge in [0, 0.05) is 43.9 Å². The highest BCUT2D eigenvalue weighted by Gasteiger charge is 2.51. The van der Waals surface area contributed by atoms with E-state index in [9.17, 15) is 0 Å². The predicted octanol–water partition coefficient (Wildman–Crippen LogP) is 14.6. The zero-order valence-electron chi connectivity index (χ0n) is 30.6. The maximum absolute atomic E-state index is 2.49. The number of rotatable bonds is 6. The first-order chi connectivity index (χ1) is 27.8. The van der Waals surface area contributed by atoms with E-state index >= 15 is 0 Å². The summed E-state index contributed by atoms with van der Waals surface area (Å²) in [5.74, 6) is 0. The molecule has 0 saturated carbocycles. The Kier molecular flexibility index (Phi) is 7.68. The Morgan fingerprint density at radius 2 is 0.786 bits per heavy atom. The first kappa shape index (κ1) is 32.6. The van der Waals surface area contributed by atoms with Crippen LogP contribution in [0, 0.1) is 0 Å². The summed E-state index contributed by atoms with van der Waals surface area (Å²) in [4.78, 5) is 7.35. The van der Waals surface area contributed by atoms with Crippen LogP contribution in [0.1, 0.15) is 22.3 Å². The van der Waals surface area contributed by atoms with E-state index in [1.165, 1.54) is 53.9 Å². The molecule has 56 heavy (non-hydrogen) atoms. The highest BCUT2D eigenvalue weighted by Crippen LogP contribution is 2.64. The summed E-state index contributed by atoms with van der Waals surface area (Å²) in [6, 6.07) is 80.0. The van der Waals surface area contributed by atoms with Gasteiger partial charge in [-0.15, -0.1) is 0 Å². The number of para-hydroxylation sites is 4. The average Bonchev–Trinajstić information content (AvgIpc) is 3.55. The molecule has 264 valence electrons. The lowest BCUT2D eigenvalue weighted by Crippen LogP contribution is -2.32. The van der Waals surface area contributed by atoms with Gasteiger partial charge in [0.15, 0.2) is 0 Å². The topological polar surface area (TPSA) is 6.48 Å². The van der Waals surface area contributed by atoms with E-state index in [0.717, 1.165) is 34.1 Å². The summed E-state index contributed by atoms with van der Waals surface area (Å²) in [6.07, 6.45) is 0. The minimum atomic E-state index is -0.604. The lowest BCUT2D eigenvalue weighted by molar-refractivity contribution is 0.730. The van der Waals surface area contributed by atoms with E-state index in [2.05, 4.69) is 228 Å². The van der Waals surface area contributed by atoms with Crippen molar-refractivity contribution in [2.75, 3.05) is 9.80 Å². The molecule has 0 bridgehead atoms. The van der Waals surface area contributed by atoms with Gasteiger partial charge in [0.05, 0.1) is 5.41 Å². The first-order valence-corrected chi connectivity index (χ1v) is 20.0. The van der Waals surface area contributed by atoms with E-state index in [1.54, 1.807) is 0 Å². The van der Waals surface area contributed by atoms with E-state index in [-0.39, 0.29) is 0 Å². The number of nitrogens with zero attached hydrogens (tertiary/aromatic N) is 2. The van der Waals surface area contributed by atoms with Gasteiger partial charge in [-0.05, 0) is 129 Å². The predicted molar refractivity (Wildman–Crippen MR) is 235 cm³/mol. The highest BCUT2D eigenvalue weighted by atomic mass is 32.2. The summed E-state index contributed by atoms with van der Waals surface area (Å²) in [5, 5.41) is 2.53. The number of fused-ring (bicyclic) bond motifs is 11. The molecule has 9 aromatic carbocycles. The van der Waals surface area contributed by atoms with E-state index in [1.807, 2.05) is 11.8 Å². The van der Waals surface area contributed by atoms with Crippen molar-refractivity contribution in [1.82, 2.24) is 0 Å². The quantitative estimate of drug-likeness (QED) is 0.168. The smallest absolute Gasteiger partial charge is 0.0743 e. The Morgan fingerprint density at radius 3 is 1.39 bits per heavy atom. The van der Waals surface area contributed by atoms with Crippen molar-refractivity contribution in [1.29, 1.82) is 0 Å². The van der Waals surface area contributed by atoms with E-state index < -0.39 is 5.41 Å². The fraction of sp³-hybridized carbons (Fsp3) is 0.0189. The van der Waals surface area contributed by atoms with Crippen LogP contribution in [0.2, 0.25) is 0 Å². The van der Waals surface area contributed by atoms with Crippen LogP contribution in [0.4, 0.5) is 34.1 Å². The van der Waals surface area contributed by atoms with Crippen LogP contribution in [-0.4, -0.2) is 0 Å². The number of anilines is 6. The van der Waals surface area contributed by atoms with Gasteiger partial charge in [0.2, 0.25) is 0 Å². The highest BCUT2D eigenvalue weighted by molar-refractivity contribution is 7.99. The molecule has 9 aromatic rings. The second-order valence-electron chi connectivity index (χ2n) is 14.5. The largest absolute Gasteiger partial charge is 0.310 e. The average molecular weight is 733 g/mol. The van der Waals surface area contributed by atoms with E-state index in [0.29, 0.717) is 0 Å². The van der Waals surface area contributed by atoms with Gasteiger partial charge in [-0.2, -0.15) is 0 Å². The van der Waals surface area contributed by atoms with Gasteiger partial charge >= 0.3 is 0 Å². The number of hydrogen-bond donors (Lipinski definition) is 0. The van der Waals surface area contributed by atoms with Gasteiger partial charge in [-0.3, -0.25) is 0 Å². The molecule has 1 atom stereocenters. The lowest BCUT2D eigenvalue weighted by atomic mass is 9.66. The third-order valence-corrected chi connectivity index (χ3v) is 12.6. The van der Waals surface area contributed by atoms with Crippen molar-refractivity contribution in [2.24, 2.45) is 0 Å². The van der Waals surface area contributed by atoms with Crippen molar-refractivity contribution in [2.45, 2.75) is 15.2 Å². The third kappa shape index (κ3) is 4.98. The van der Waals surface area contributed by atoms with Gasteiger partial charge < -0.3 is 9.80 Å². The molecule has 0 saturated heterocycles. The summed E-state index contributed by atoms with van der Waals surface area (Å²) >= 11 is 1.89. The summed E-state index contributed by atoms with van der Waals surface area (Å²) in [5.41, 5.74) is 14.0. The molecule has 11 rings (SSSR count). The molecule has 0 amide bonds. The SMILES string of the molecule is c1ccc(N(c2ccccc2)c2ccc3c(c2)C2(c4ccccc4-c4ccc(N(c5ccccc5)c5ccccc5)cc42)c2c(ccc4ccccc24)S3)cc1. The fourth-order valence-corrected chi connectivity index (χ4v) is 10.4. The molecule has 0 fully saturated rings. The van der Waals surface area contributed by atoms with Crippen LogP contribution >= 0.6 is 11.8 Å². The number of benzene rings is 9. The minimum Gasteiger partial charge on any atom is -0.310 e. The van der Waals surface area contributed by atoms with Crippen LogP contribution in [-0.2, 0) is 5.41 Å². The second-order valence-corrected chi connectivity index (χ2v) is 15.6. The Morgan fingerprint density at radius 1 is 0.321 bits per heavy atom. The van der Waals surface area contributed by atoms with Crippen LogP contribution in [0.3, 0.4) is 0 Å². The minimum absolute atomic E-state index is 0.604. The molecule has 0 N–H and O–H groups in total. The molecule has 1 unspecified atom stereocenters. The van der Waals surface area contributed by atoms with Crippen molar-refractivity contribution >= 4 is 56.7 Å². The monoisotopic (exact) mass is 732 g/mol. The normalized spacial score (nSPS) is 14.8. The molecular weight excluding hydrogens is 697 g/mol. The Labute approximate surface area is 332 Å². The molecule has 2 aliphatic rings. The Hall–Kier alpha value is -6.81. The first-order valence-electron chi connectivity index (χ1n) is 19.2. The van der Waals surface area contributed by atoms with Crippen molar-refractivity contribution in [3.8, 4) is 11.1 Å². The molecule has 1 spiro atoms. The molecular formula is C53H36N2S. The standard InChI is InChI=1S/C53H36N2S/c1-5-18-38(19-6-1)54(39-20-7-2-8-21-39)42-30-32-46-45-27-15-16-28-47(45)53(48(46)35-42)49-36-43(55(40-22-9-3-10-23-40)41-24-11-4-12-25-41)31-34-50(49)56-51-33-29-37-17-13-14-26-44(37)52(51)53/h1-36H. The zero-order chi connectivity index (χ0) is 37.1. The lowest BCUT2D eigenvalue weighted by Gasteiger charge is -2.41. The summed E-state index contributed by atoms with van der Waals surface area (Å²) in [6.45, 7) is 0. The van der Waals surface area contributed by atoms with E-state index in [4.69, 9.17) is 0 Å². The molecule has 1 aliphatic heterocycles. The molecule has 0 aromatic heterocycles. The van der Waals surface area contributed by atoms with Crippen LogP contribution in [0.25, 0.3) is 21.9 Å². The molecule has 3 heteroatoms. The third-order valence-electron chi connectivity index (χ3n) is 11.5. The molecule has 1 aliphatic carbocycles. The fourth-order valence-electron chi connectivity index (χ4n) is 9.18. The van der Waals surface area contributed by atoms with Gasteiger partial charge in [0.1, 0.15) is 0 Å². The maximum Gasteiger partial charge on any atom is 0.0743 e. The molecule has 2 nitrogen and oxygen atoms in total. The maximum atomic E-state index is 2.49. The molecule has 1 heterocycles. The van der Waals surface area contributed by atoms with Crippen molar-refractivity contribution < 1.29 is 0 Å². The van der Waals surface area contributed by atoms with Gasteiger partial charge in [-0.1, -0.05) is 145 Å². The summed E-state index contributed by atoms with van der Waals surface area (Å²) in [7, 11) is 0. The van der Waals surface area contributed by atoms with Crippen molar-refractivity contribution in [3.05, 3.63) is 241 Å². The zero-order valence-corrected chi connectivity index (χ0v) is 31.4. The van der Waals surface area contributed by atoms with Crippen LogP contribution < -0.4 is 9.80 Å². The molecule has 0 radical (unpaired) electrons. The number of hydrogen-bond acceptors (Lipinski definition) is 3. The van der Waals surface area contributed by atoms with Gasteiger partial charge in [-0.25, -0.2) is 0 Å². The van der Waals surface area contributed by atoms with Crippen LogP contribution in [0.5, 0.6) is 0 Å². The van der Waals surface area contributed by atoms with Crippen LogP contribution in [0.15, 0.2) is 228 Å². The Bertz CT molecular complexity index is 2810. The Balaban J connectivity index is 1.25. The van der Waals surface area contributed by atoms with Crippen molar-refractivity contribution in [3.63, 3.8) is 0 Å². The second kappa shape index (κ2) is 13.2. The summed E-state index contributed by atoms with van der Waals surface area (Å²) < 4.78 is 0.